The zero-order valence-corrected chi connectivity index (χ0v) is 15.8. The van der Waals surface area contributed by atoms with Crippen LogP contribution in [0.2, 0.25) is 0 Å². The van der Waals surface area contributed by atoms with Gasteiger partial charge in [-0.05, 0) is 49.2 Å². The molecular formula is C19H20F2N2O4S. The number of carboxylic acids is 1. The van der Waals surface area contributed by atoms with Crippen LogP contribution in [0.15, 0.2) is 41.3 Å². The molecule has 2 aromatic rings. The number of aromatic carboxylic acids is 1. The van der Waals surface area contributed by atoms with E-state index in [1.165, 1.54) is 18.2 Å². The van der Waals surface area contributed by atoms with E-state index >= 15 is 0 Å². The first-order valence-corrected chi connectivity index (χ1v) is 10.4. The zero-order valence-electron chi connectivity index (χ0n) is 15.0. The van der Waals surface area contributed by atoms with E-state index in [4.69, 9.17) is 0 Å². The molecule has 6 nitrogen and oxygen atoms in total. The molecule has 0 spiro atoms. The number of anilines is 2. The van der Waals surface area contributed by atoms with Crippen LogP contribution < -0.4 is 9.62 Å². The van der Waals surface area contributed by atoms with Crippen molar-refractivity contribution in [3.8, 4) is 0 Å². The molecule has 9 heteroatoms. The molecule has 28 heavy (non-hydrogen) atoms. The third-order valence-electron chi connectivity index (χ3n) is 4.61. The molecule has 1 aliphatic heterocycles. The molecule has 0 aromatic heterocycles. The van der Waals surface area contributed by atoms with Crippen LogP contribution in [0.25, 0.3) is 0 Å². The highest BCUT2D eigenvalue weighted by atomic mass is 32.2. The van der Waals surface area contributed by atoms with Gasteiger partial charge in [-0.15, -0.1) is 0 Å². The van der Waals surface area contributed by atoms with Crippen LogP contribution >= 0.6 is 0 Å². The first-order valence-electron chi connectivity index (χ1n) is 8.88. The van der Waals surface area contributed by atoms with Gasteiger partial charge in [0.2, 0.25) is 0 Å². The van der Waals surface area contributed by atoms with Crippen LogP contribution in [0, 0.1) is 11.6 Å². The van der Waals surface area contributed by atoms with Gasteiger partial charge in [0.05, 0.1) is 11.3 Å². The highest BCUT2D eigenvalue weighted by Crippen LogP contribution is 2.28. The van der Waals surface area contributed by atoms with Crippen molar-refractivity contribution < 1.29 is 27.1 Å². The first-order chi connectivity index (χ1) is 13.3. The summed E-state index contributed by atoms with van der Waals surface area (Å²) in [7, 11) is -4.42. The molecule has 3 rings (SSSR count). The van der Waals surface area contributed by atoms with Gasteiger partial charge in [0.15, 0.2) is 0 Å². The Kier molecular flexibility index (Phi) is 5.83. The summed E-state index contributed by atoms with van der Waals surface area (Å²) >= 11 is 0. The highest BCUT2D eigenvalue weighted by molar-refractivity contribution is 7.92. The van der Waals surface area contributed by atoms with Crippen molar-refractivity contribution in [1.29, 1.82) is 0 Å². The molecule has 1 heterocycles. The Morgan fingerprint density at radius 1 is 1.00 bits per heavy atom. The van der Waals surface area contributed by atoms with Crippen LogP contribution in [0.1, 0.15) is 36.0 Å². The van der Waals surface area contributed by atoms with Gasteiger partial charge in [0.1, 0.15) is 16.5 Å². The number of rotatable bonds is 5. The zero-order chi connectivity index (χ0) is 20.3. The minimum atomic E-state index is -4.42. The lowest BCUT2D eigenvalue weighted by Gasteiger charge is -2.24. The van der Waals surface area contributed by atoms with Crippen LogP contribution in [0.4, 0.5) is 20.2 Å². The monoisotopic (exact) mass is 410 g/mol. The van der Waals surface area contributed by atoms with E-state index in [2.05, 4.69) is 4.72 Å². The smallest absolute Gasteiger partial charge is 0.337 e. The number of halogens is 2. The maximum absolute atomic E-state index is 13.8. The summed E-state index contributed by atoms with van der Waals surface area (Å²) in [5.74, 6) is -3.20. The molecule has 0 unspecified atom stereocenters. The summed E-state index contributed by atoms with van der Waals surface area (Å²) in [6.07, 6.45) is 4.06. The number of carbonyl (C=O) groups is 1. The molecule has 2 N–H and O–H groups in total. The Morgan fingerprint density at radius 2 is 1.68 bits per heavy atom. The number of hydrogen-bond acceptors (Lipinski definition) is 4. The van der Waals surface area contributed by atoms with E-state index in [1.807, 2.05) is 4.90 Å². The van der Waals surface area contributed by atoms with Gasteiger partial charge in [-0.1, -0.05) is 12.8 Å². The van der Waals surface area contributed by atoms with Crippen molar-refractivity contribution in [2.24, 2.45) is 0 Å². The molecule has 0 saturated carbocycles. The van der Waals surface area contributed by atoms with E-state index in [-0.39, 0.29) is 11.3 Å². The van der Waals surface area contributed by atoms with Crippen molar-refractivity contribution in [1.82, 2.24) is 0 Å². The fraction of sp³-hybridized carbons (Fsp3) is 0.316. The van der Waals surface area contributed by atoms with Crippen molar-refractivity contribution in [2.75, 3.05) is 22.7 Å². The lowest BCUT2D eigenvalue weighted by Crippen LogP contribution is -2.26. The SMILES string of the molecule is O=C(O)c1cc(NS(=O)(=O)c2cc(F)ccc2F)ccc1N1CCCCCC1. The number of nitrogens with one attached hydrogen (secondary N) is 1. The molecule has 0 aliphatic carbocycles. The minimum absolute atomic E-state index is 0.0420. The Labute approximate surface area is 161 Å². The molecule has 0 atom stereocenters. The van der Waals surface area contributed by atoms with Gasteiger partial charge in [-0.25, -0.2) is 22.0 Å². The molecule has 1 saturated heterocycles. The molecule has 0 radical (unpaired) electrons. The lowest BCUT2D eigenvalue weighted by atomic mass is 10.1. The van der Waals surface area contributed by atoms with Crippen LogP contribution in [0.5, 0.6) is 0 Å². The van der Waals surface area contributed by atoms with Crippen LogP contribution in [-0.4, -0.2) is 32.6 Å². The summed E-state index contributed by atoms with van der Waals surface area (Å²) in [4.78, 5) is 12.9. The van der Waals surface area contributed by atoms with Gasteiger partial charge in [0, 0.05) is 18.8 Å². The third-order valence-corrected chi connectivity index (χ3v) is 6.01. The van der Waals surface area contributed by atoms with E-state index < -0.39 is 32.5 Å². The largest absolute Gasteiger partial charge is 0.478 e. The number of nitrogens with zero attached hydrogens (tertiary/aromatic N) is 1. The number of hydrogen-bond donors (Lipinski definition) is 2. The number of sulfonamides is 1. The molecule has 1 aliphatic rings. The topological polar surface area (TPSA) is 86.7 Å². The van der Waals surface area contributed by atoms with E-state index in [9.17, 15) is 27.1 Å². The van der Waals surface area contributed by atoms with Crippen molar-refractivity contribution in [3.63, 3.8) is 0 Å². The number of carboxylic acid groups (broad SMARTS) is 1. The van der Waals surface area contributed by atoms with Gasteiger partial charge in [-0.2, -0.15) is 0 Å². The first kappa shape index (κ1) is 20.1. The Balaban J connectivity index is 1.93. The Morgan fingerprint density at radius 3 is 2.32 bits per heavy atom. The fourth-order valence-electron chi connectivity index (χ4n) is 3.25. The van der Waals surface area contributed by atoms with Crippen LogP contribution in [-0.2, 0) is 10.0 Å². The normalized spacial score (nSPS) is 15.1. The van der Waals surface area contributed by atoms with E-state index in [1.54, 1.807) is 0 Å². The average molecular weight is 410 g/mol. The standard InChI is InChI=1S/C19H20F2N2O4S/c20-13-5-7-16(21)18(11-13)28(26,27)22-14-6-8-17(15(12-14)19(24)25)23-9-3-1-2-4-10-23/h5-8,11-12,22H,1-4,9-10H2,(H,24,25). The maximum atomic E-state index is 13.8. The minimum Gasteiger partial charge on any atom is -0.478 e. The summed E-state index contributed by atoms with van der Waals surface area (Å²) in [5.41, 5.74) is 0.413. The predicted molar refractivity (Wildman–Crippen MR) is 101 cm³/mol. The second-order valence-corrected chi connectivity index (χ2v) is 8.27. The molecule has 0 bridgehead atoms. The third kappa shape index (κ3) is 4.41. The van der Waals surface area contributed by atoms with E-state index in [0.29, 0.717) is 11.8 Å². The lowest BCUT2D eigenvalue weighted by molar-refractivity contribution is 0.0697. The van der Waals surface area contributed by atoms with Crippen molar-refractivity contribution in [3.05, 3.63) is 53.6 Å². The maximum Gasteiger partial charge on any atom is 0.337 e. The van der Waals surface area contributed by atoms with Gasteiger partial charge >= 0.3 is 5.97 Å². The molecule has 2 aromatic carbocycles. The van der Waals surface area contributed by atoms with E-state index in [0.717, 1.165) is 50.9 Å². The second-order valence-electron chi connectivity index (χ2n) is 6.62. The average Bonchev–Trinajstić information content (AvgIpc) is 2.92. The highest BCUT2D eigenvalue weighted by Gasteiger charge is 2.23. The summed E-state index contributed by atoms with van der Waals surface area (Å²) in [6.45, 7) is 1.44. The second kappa shape index (κ2) is 8.14. The molecule has 150 valence electrons. The molecule has 1 fully saturated rings. The molecular weight excluding hydrogens is 390 g/mol. The summed E-state index contributed by atoms with van der Waals surface area (Å²) in [6, 6.07) is 6.25. The number of benzene rings is 2. The Bertz CT molecular complexity index is 987. The van der Waals surface area contributed by atoms with Crippen molar-refractivity contribution in [2.45, 2.75) is 30.6 Å². The summed E-state index contributed by atoms with van der Waals surface area (Å²) in [5, 5.41) is 9.57. The van der Waals surface area contributed by atoms with Gasteiger partial charge < -0.3 is 10.0 Å². The quantitative estimate of drug-likeness (QED) is 0.782. The molecule has 0 amide bonds. The van der Waals surface area contributed by atoms with Gasteiger partial charge in [-0.3, -0.25) is 4.72 Å². The van der Waals surface area contributed by atoms with Crippen LogP contribution in [0.3, 0.4) is 0 Å². The van der Waals surface area contributed by atoms with Gasteiger partial charge in [0.25, 0.3) is 10.0 Å². The Hall–Kier alpha value is -2.68. The summed E-state index contributed by atoms with van der Waals surface area (Å²) < 4.78 is 54.1. The predicted octanol–water partition coefficient (Wildman–Crippen LogP) is 3.84. The fourth-order valence-corrected chi connectivity index (χ4v) is 4.39. The van der Waals surface area contributed by atoms with Crippen molar-refractivity contribution >= 4 is 27.4 Å².